The Bertz CT molecular complexity index is 461. The average molecular weight is 279 g/mol. The van der Waals surface area contributed by atoms with Crippen LogP contribution in [0.2, 0.25) is 0 Å². The lowest BCUT2D eigenvalue weighted by atomic mass is 9.73. The van der Waals surface area contributed by atoms with E-state index in [-0.39, 0.29) is 30.3 Å². The van der Waals surface area contributed by atoms with Gasteiger partial charge in [-0.2, -0.15) is 0 Å². The van der Waals surface area contributed by atoms with Gasteiger partial charge >= 0.3 is 6.03 Å². The largest absolute Gasteiger partial charge is 0.352 e. The Kier molecular flexibility index (Phi) is 3.18. The van der Waals surface area contributed by atoms with Gasteiger partial charge in [-0.3, -0.25) is 14.5 Å². The van der Waals surface area contributed by atoms with E-state index in [2.05, 4.69) is 10.6 Å². The Morgan fingerprint density at radius 3 is 2.75 bits per heavy atom. The van der Waals surface area contributed by atoms with Crippen molar-refractivity contribution in [3.05, 3.63) is 0 Å². The van der Waals surface area contributed by atoms with Gasteiger partial charge in [-0.1, -0.05) is 19.8 Å². The van der Waals surface area contributed by atoms with E-state index in [4.69, 9.17) is 0 Å². The third-order valence-corrected chi connectivity index (χ3v) is 4.75. The van der Waals surface area contributed by atoms with Crippen LogP contribution in [-0.2, 0) is 9.59 Å². The summed E-state index contributed by atoms with van der Waals surface area (Å²) in [5, 5.41) is 5.66. The SMILES string of the molecule is C[C@H]1CCCC[C@]12NC(=O)N(CC(=O)NC1CC1)C2=O. The number of nitrogens with one attached hydrogen (secondary N) is 2. The monoisotopic (exact) mass is 279 g/mol. The van der Waals surface area contributed by atoms with Crippen LogP contribution < -0.4 is 10.6 Å². The predicted molar refractivity (Wildman–Crippen MR) is 71.8 cm³/mol. The molecule has 6 nitrogen and oxygen atoms in total. The zero-order valence-electron chi connectivity index (χ0n) is 11.8. The van der Waals surface area contributed by atoms with E-state index in [9.17, 15) is 14.4 Å². The maximum Gasteiger partial charge on any atom is 0.325 e. The summed E-state index contributed by atoms with van der Waals surface area (Å²) in [6.45, 7) is 1.85. The summed E-state index contributed by atoms with van der Waals surface area (Å²) < 4.78 is 0. The number of amides is 4. The van der Waals surface area contributed by atoms with Crippen LogP contribution >= 0.6 is 0 Å². The van der Waals surface area contributed by atoms with Crippen molar-refractivity contribution in [3.63, 3.8) is 0 Å². The first-order valence-electron chi connectivity index (χ1n) is 7.46. The Morgan fingerprint density at radius 2 is 2.10 bits per heavy atom. The fraction of sp³-hybridized carbons (Fsp3) is 0.786. The van der Waals surface area contributed by atoms with Crippen LogP contribution in [0.3, 0.4) is 0 Å². The van der Waals surface area contributed by atoms with E-state index in [0.29, 0.717) is 6.42 Å². The van der Waals surface area contributed by atoms with Gasteiger partial charge < -0.3 is 10.6 Å². The van der Waals surface area contributed by atoms with Crippen LogP contribution in [0, 0.1) is 5.92 Å². The van der Waals surface area contributed by atoms with Crippen molar-refractivity contribution in [2.24, 2.45) is 5.92 Å². The lowest BCUT2D eigenvalue weighted by molar-refractivity contribution is -0.137. The number of nitrogens with zero attached hydrogens (tertiary/aromatic N) is 1. The molecule has 0 aromatic heterocycles. The van der Waals surface area contributed by atoms with E-state index < -0.39 is 11.6 Å². The average Bonchev–Trinajstić information content (AvgIpc) is 3.17. The van der Waals surface area contributed by atoms with Crippen LogP contribution in [0.5, 0.6) is 0 Å². The number of carbonyl (C=O) groups excluding carboxylic acids is 3. The summed E-state index contributed by atoms with van der Waals surface area (Å²) in [6.07, 6.45) is 5.64. The third kappa shape index (κ3) is 2.17. The highest BCUT2D eigenvalue weighted by atomic mass is 16.2. The molecular formula is C14H21N3O3. The molecule has 0 aromatic rings. The lowest BCUT2D eigenvalue weighted by Gasteiger charge is -2.36. The molecule has 0 radical (unpaired) electrons. The third-order valence-electron chi connectivity index (χ3n) is 4.75. The first-order chi connectivity index (χ1) is 9.53. The molecule has 3 fully saturated rings. The predicted octanol–water partition coefficient (Wildman–Crippen LogP) is 0.766. The zero-order valence-corrected chi connectivity index (χ0v) is 11.8. The normalized spacial score (nSPS) is 33.5. The summed E-state index contributed by atoms with van der Waals surface area (Å²) >= 11 is 0. The maximum atomic E-state index is 12.6. The minimum Gasteiger partial charge on any atom is -0.352 e. The second-order valence-corrected chi connectivity index (χ2v) is 6.28. The van der Waals surface area contributed by atoms with Crippen LogP contribution in [0.15, 0.2) is 0 Å². The molecule has 2 atom stereocenters. The number of hydrogen-bond acceptors (Lipinski definition) is 3. The molecule has 1 spiro atoms. The van der Waals surface area contributed by atoms with Gasteiger partial charge in [-0.15, -0.1) is 0 Å². The van der Waals surface area contributed by atoms with Crippen LogP contribution in [0.25, 0.3) is 0 Å². The Labute approximate surface area is 118 Å². The number of imide groups is 1. The molecule has 0 aromatic carbocycles. The van der Waals surface area contributed by atoms with Crippen LogP contribution in [0.1, 0.15) is 45.4 Å². The molecule has 2 N–H and O–H groups in total. The molecular weight excluding hydrogens is 258 g/mol. The standard InChI is InChI=1S/C14H21N3O3/c1-9-4-2-3-7-14(9)12(19)17(13(20)16-14)8-11(18)15-10-5-6-10/h9-10H,2-8H2,1H3,(H,15,18)(H,16,20)/t9-,14-/m0/s1. The molecule has 110 valence electrons. The zero-order chi connectivity index (χ0) is 14.3. The molecule has 6 heteroatoms. The molecule has 20 heavy (non-hydrogen) atoms. The lowest BCUT2D eigenvalue weighted by Crippen LogP contribution is -2.54. The first kappa shape index (κ1) is 13.4. The van der Waals surface area contributed by atoms with Gasteiger partial charge in [-0.25, -0.2) is 4.79 Å². The molecule has 2 aliphatic carbocycles. The summed E-state index contributed by atoms with van der Waals surface area (Å²) in [4.78, 5) is 37.5. The number of rotatable bonds is 3. The second-order valence-electron chi connectivity index (χ2n) is 6.28. The van der Waals surface area contributed by atoms with Crippen molar-refractivity contribution in [2.75, 3.05) is 6.54 Å². The number of urea groups is 1. The van der Waals surface area contributed by atoms with Gasteiger partial charge in [0.05, 0.1) is 0 Å². The minimum atomic E-state index is -0.769. The molecule has 2 saturated carbocycles. The highest BCUT2D eigenvalue weighted by Gasteiger charge is 2.55. The summed E-state index contributed by atoms with van der Waals surface area (Å²) in [5.41, 5.74) is -0.769. The number of hydrogen-bond donors (Lipinski definition) is 2. The highest BCUT2D eigenvalue weighted by molar-refractivity contribution is 6.09. The van der Waals surface area contributed by atoms with Crippen molar-refractivity contribution in [1.29, 1.82) is 0 Å². The topological polar surface area (TPSA) is 78.5 Å². The molecule has 4 amide bonds. The molecule has 3 rings (SSSR count). The summed E-state index contributed by atoms with van der Waals surface area (Å²) in [7, 11) is 0. The summed E-state index contributed by atoms with van der Waals surface area (Å²) in [6, 6.07) is -0.180. The van der Waals surface area contributed by atoms with Gasteiger partial charge in [0.1, 0.15) is 12.1 Å². The maximum absolute atomic E-state index is 12.6. The molecule has 1 aliphatic heterocycles. The summed E-state index contributed by atoms with van der Waals surface area (Å²) in [5.74, 6) is -0.332. The quantitative estimate of drug-likeness (QED) is 0.749. The molecule has 0 bridgehead atoms. The van der Waals surface area contributed by atoms with Gasteiger partial charge in [0.15, 0.2) is 0 Å². The van der Waals surface area contributed by atoms with Crippen molar-refractivity contribution in [3.8, 4) is 0 Å². The molecule has 1 heterocycles. The van der Waals surface area contributed by atoms with E-state index in [1.807, 2.05) is 6.92 Å². The van der Waals surface area contributed by atoms with Crippen molar-refractivity contribution in [1.82, 2.24) is 15.5 Å². The number of carbonyl (C=O) groups is 3. The van der Waals surface area contributed by atoms with Crippen molar-refractivity contribution < 1.29 is 14.4 Å². The Morgan fingerprint density at radius 1 is 1.35 bits per heavy atom. The van der Waals surface area contributed by atoms with Crippen LogP contribution in [0.4, 0.5) is 4.79 Å². The molecule has 0 unspecified atom stereocenters. The second kappa shape index (κ2) is 4.75. The Hall–Kier alpha value is -1.59. The smallest absolute Gasteiger partial charge is 0.325 e. The fourth-order valence-electron chi connectivity index (χ4n) is 3.28. The fourth-order valence-corrected chi connectivity index (χ4v) is 3.28. The minimum absolute atomic E-state index is 0.129. The highest BCUT2D eigenvalue weighted by Crippen LogP contribution is 2.38. The van der Waals surface area contributed by atoms with Gasteiger partial charge in [0.25, 0.3) is 5.91 Å². The molecule has 3 aliphatic rings. The van der Waals surface area contributed by atoms with Crippen LogP contribution in [-0.4, -0.2) is 40.9 Å². The molecule has 1 saturated heterocycles. The van der Waals surface area contributed by atoms with Gasteiger partial charge in [-0.05, 0) is 31.6 Å². The Balaban J connectivity index is 1.70. The van der Waals surface area contributed by atoms with Crippen molar-refractivity contribution in [2.45, 2.75) is 57.0 Å². The van der Waals surface area contributed by atoms with Gasteiger partial charge in [0.2, 0.25) is 5.91 Å². The van der Waals surface area contributed by atoms with E-state index in [0.717, 1.165) is 37.0 Å². The van der Waals surface area contributed by atoms with E-state index in [1.165, 1.54) is 0 Å². The van der Waals surface area contributed by atoms with Crippen molar-refractivity contribution >= 4 is 17.8 Å². The van der Waals surface area contributed by atoms with E-state index >= 15 is 0 Å². The first-order valence-corrected chi connectivity index (χ1v) is 7.46. The van der Waals surface area contributed by atoms with E-state index in [1.54, 1.807) is 0 Å². The van der Waals surface area contributed by atoms with Gasteiger partial charge in [0, 0.05) is 6.04 Å².